The zero-order valence-corrected chi connectivity index (χ0v) is 18.5. The number of nitro groups is 2. The van der Waals surface area contributed by atoms with Crippen molar-refractivity contribution >= 4 is 32.8 Å². The fourth-order valence-corrected chi connectivity index (χ4v) is 5.48. The Kier molecular flexibility index (Phi) is 6.44. The average Bonchev–Trinajstić information content (AvgIpc) is 2.84. The lowest BCUT2D eigenvalue weighted by Crippen LogP contribution is -2.48. The van der Waals surface area contributed by atoms with Crippen molar-refractivity contribution in [1.29, 1.82) is 0 Å². The molecule has 0 saturated carbocycles. The van der Waals surface area contributed by atoms with Crippen molar-refractivity contribution in [2.75, 3.05) is 62.3 Å². The molecule has 0 unspecified atom stereocenters. The zero-order chi connectivity index (χ0) is 23.6. The lowest BCUT2D eigenvalue weighted by atomic mass is 10.2. The topological polar surface area (TPSA) is 139 Å². The number of ether oxygens (including phenoxy) is 1. The molecule has 0 amide bonds. The molecule has 0 N–H and O–H groups in total. The number of nitrogens with zero attached hydrogens (tertiary/aromatic N) is 5. The SMILES string of the molecule is O=[N+]([O-])c1cccc(S(=O)(=O)N2CCN(c3ccc([N+](=O)[O-])c(N4CCOCC4)c3)CC2)c1. The van der Waals surface area contributed by atoms with Gasteiger partial charge in [0, 0.05) is 63.2 Å². The second-order valence-corrected chi connectivity index (χ2v) is 9.61. The summed E-state index contributed by atoms with van der Waals surface area (Å²) in [6, 6.07) is 9.93. The van der Waals surface area contributed by atoms with Crippen LogP contribution in [0.2, 0.25) is 0 Å². The molecule has 2 aliphatic heterocycles. The summed E-state index contributed by atoms with van der Waals surface area (Å²) in [5.41, 5.74) is 1.03. The molecular formula is C20H23N5O7S. The van der Waals surface area contributed by atoms with E-state index >= 15 is 0 Å². The maximum Gasteiger partial charge on any atom is 0.292 e. The van der Waals surface area contributed by atoms with Crippen LogP contribution in [0.5, 0.6) is 0 Å². The molecule has 2 aromatic carbocycles. The van der Waals surface area contributed by atoms with E-state index in [1.807, 2.05) is 9.80 Å². The molecule has 2 heterocycles. The Morgan fingerprint density at radius 2 is 1.52 bits per heavy atom. The minimum absolute atomic E-state index is 0.0209. The molecule has 176 valence electrons. The van der Waals surface area contributed by atoms with Gasteiger partial charge in [0.2, 0.25) is 10.0 Å². The highest BCUT2D eigenvalue weighted by atomic mass is 32.2. The van der Waals surface area contributed by atoms with E-state index in [2.05, 4.69) is 0 Å². The Morgan fingerprint density at radius 1 is 0.818 bits per heavy atom. The summed E-state index contributed by atoms with van der Waals surface area (Å²) in [7, 11) is -3.88. The molecule has 4 rings (SSSR count). The number of nitro benzene ring substituents is 2. The number of non-ortho nitro benzene ring substituents is 1. The third-order valence-electron chi connectivity index (χ3n) is 5.78. The van der Waals surface area contributed by atoms with Crippen LogP contribution in [-0.2, 0) is 14.8 Å². The molecule has 0 aliphatic carbocycles. The van der Waals surface area contributed by atoms with Crippen LogP contribution in [0.4, 0.5) is 22.7 Å². The first-order chi connectivity index (χ1) is 15.8. The number of anilines is 2. The van der Waals surface area contributed by atoms with E-state index < -0.39 is 19.9 Å². The molecule has 33 heavy (non-hydrogen) atoms. The molecule has 2 aromatic rings. The fraction of sp³-hybridized carbons (Fsp3) is 0.400. The van der Waals surface area contributed by atoms with Crippen molar-refractivity contribution < 1.29 is 23.0 Å². The largest absolute Gasteiger partial charge is 0.378 e. The molecular weight excluding hydrogens is 454 g/mol. The maximum absolute atomic E-state index is 13.0. The summed E-state index contributed by atoms with van der Waals surface area (Å²) in [6.45, 7) is 3.25. The number of morpholine rings is 1. The van der Waals surface area contributed by atoms with Gasteiger partial charge in [0.1, 0.15) is 5.69 Å². The van der Waals surface area contributed by atoms with Crippen LogP contribution in [-0.4, -0.2) is 75.1 Å². The van der Waals surface area contributed by atoms with Crippen molar-refractivity contribution in [2.45, 2.75) is 4.90 Å². The zero-order valence-electron chi connectivity index (χ0n) is 17.7. The highest BCUT2D eigenvalue weighted by molar-refractivity contribution is 7.89. The minimum atomic E-state index is -3.88. The number of benzene rings is 2. The van der Waals surface area contributed by atoms with Gasteiger partial charge in [0.05, 0.1) is 28.0 Å². The molecule has 0 spiro atoms. The Balaban J connectivity index is 1.51. The third-order valence-corrected chi connectivity index (χ3v) is 7.67. The number of hydrogen-bond acceptors (Lipinski definition) is 9. The first kappa shape index (κ1) is 22.9. The first-order valence-corrected chi connectivity index (χ1v) is 11.8. The Hall–Kier alpha value is -3.29. The van der Waals surface area contributed by atoms with Crippen LogP contribution in [0.25, 0.3) is 0 Å². The predicted octanol–water partition coefficient (Wildman–Crippen LogP) is 1.85. The lowest BCUT2D eigenvalue weighted by molar-refractivity contribution is -0.385. The molecule has 13 heteroatoms. The molecule has 2 fully saturated rings. The van der Waals surface area contributed by atoms with Crippen LogP contribution in [0, 0.1) is 20.2 Å². The number of sulfonamides is 1. The normalized spacial score (nSPS) is 17.7. The van der Waals surface area contributed by atoms with Crippen LogP contribution < -0.4 is 9.80 Å². The summed E-state index contributed by atoms with van der Waals surface area (Å²) in [4.78, 5) is 25.3. The molecule has 0 atom stereocenters. The van der Waals surface area contributed by atoms with Gasteiger partial charge in [-0.05, 0) is 18.2 Å². The highest BCUT2D eigenvalue weighted by Crippen LogP contribution is 2.34. The van der Waals surface area contributed by atoms with Crippen molar-refractivity contribution in [2.24, 2.45) is 0 Å². The van der Waals surface area contributed by atoms with E-state index in [0.29, 0.717) is 45.1 Å². The van der Waals surface area contributed by atoms with Crippen LogP contribution in [0.3, 0.4) is 0 Å². The minimum Gasteiger partial charge on any atom is -0.378 e. The Bertz CT molecular complexity index is 1160. The fourth-order valence-electron chi connectivity index (χ4n) is 4.01. The van der Waals surface area contributed by atoms with Gasteiger partial charge in [-0.3, -0.25) is 20.2 Å². The van der Waals surface area contributed by atoms with Gasteiger partial charge in [-0.1, -0.05) is 6.07 Å². The smallest absolute Gasteiger partial charge is 0.292 e. The quantitative estimate of drug-likeness (QED) is 0.450. The second-order valence-electron chi connectivity index (χ2n) is 7.68. The monoisotopic (exact) mass is 477 g/mol. The summed E-state index contributed by atoms with van der Waals surface area (Å²) in [6.07, 6.45) is 0. The van der Waals surface area contributed by atoms with E-state index in [4.69, 9.17) is 4.74 Å². The summed E-state index contributed by atoms with van der Waals surface area (Å²) >= 11 is 0. The van der Waals surface area contributed by atoms with Gasteiger partial charge >= 0.3 is 0 Å². The molecule has 0 aromatic heterocycles. The van der Waals surface area contributed by atoms with Crippen molar-refractivity contribution in [1.82, 2.24) is 4.31 Å². The van der Waals surface area contributed by atoms with E-state index in [9.17, 15) is 28.6 Å². The van der Waals surface area contributed by atoms with Crippen molar-refractivity contribution in [3.63, 3.8) is 0 Å². The third kappa shape index (κ3) is 4.74. The molecule has 0 radical (unpaired) electrons. The molecule has 2 saturated heterocycles. The average molecular weight is 477 g/mol. The number of rotatable bonds is 6. The molecule has 2 aliphatic rings. The van der Waals surface area contributed by atoms with Gasteiger partial charge in [-0.15, -0.1) is 0 Å². The van der Waals surface area contributed by atoms with E-state index in [1.54, 1.807) is 12.1 Å². The first-order valence-electron chi connectivity index (χ1n) is 10.4. The standard InChI is InChI=1S/C20H23N5O7S/c26-24(27)17-2-1-3-18(14-17)33(30,31)23-8-6-21(7-9-23)16-4-5-19(25(28)29)20(15-16)22-10-12-32-13-11-22/h1-5,14-15H,6-13H2. The van der Waals surface area contributed by atoms with Crippen molar-refractivity contribution in [3.8, 4) is 0 Å². The molecule has 12 nitrogen and oxygen atoms in total. The number of hydrogen-bond donors (Lipinski definition) is 0. The summed E-state index contributed by atoms with van der Waals surface area (Å²) < 4.78 is 32.6. The van der Waals surface area contributed by atoms with Crippen LogP contribution in [0.1, 0.15) is 0 Å². The van der Waals surface area contributed by atoms with Gasteiger partial charge < -0.3 is 14.5 Å². The predicted molar refractivity (Wildman–Crippen MR) is 120 cm³/mol. The maximum atomic E-state index is 13.0. The van der Waals surface area contributed by atoms with E-state index in [1.165, 1.54) is 28.6 Å². The molecule has 0 bridgehead atoms. The Labute approximate surface area is 190 Å². The Morgan fingerprint density at radius 3 is 2.15 bits per heavy atom. The second kappa shape index (κ2) is 9.29. The van der Waals surface area contributed by atoms with Gasteiger partial charge in [0.15, 0.2) is 0 Å². The van der Waals surface area contributed by atoms with Gasteiger partial charge in [0.25, 0.3) is 11.4 Å². The highest BCUT2D eigenvalue weighted by Gasteiger charge is 2.30. The van der Waals surface area contributed by atoms with E-state index in [0.717, 1.165) is 11.8 Å². The van der Waals surface area contributed by atoms with Gasteiger partial charge in [-0.25, -0.2) is 8.42 Å². The van der Waals surface area contributed by atoms with Crippen LogP contribution >= 0.6 is 0 Å². The lowest BCUT2D eigenvalue weighted by Gasteiger charge is -2.36. The van der Waals surface area contributed by atoms with Crippen LogP contribution in [0.15, 0.2) is 47.4 Å². The number of piperazine rings is 1. The summed E-state index contributed by atoms with van der Waals surface area (Å²) in [5.74, 6) is 0. The summed E-state index contributed by atoms with van der Waals surface area (Å²) in [5, 5.41) is 22.5. The van der Waals surface area contributed by atoms with Gasteiger partial charge in [-0.2, -0.15) is 4.31 Å². The van der Waals surface area contributed by atoms with E-state index in [-0.39, 0.29) is 29.4 Å². The van der Waals surface area contributed by atoms with Crippen molar-refractivity contribution in [3.05, 3.63) is 62.7 Å².